The quantitative estimate of drug-likeness (QED) is 0.789. The molecule has 0 aromatic carbocycles. The number of aliphatic hydroxyl groups excluding tert-OH is 1. The Morgan fingerprint density at radius 3 is 2.88 bits per heavy atom. The lowest BCUT2D eigenvalue weighted by molar-refractivity contribution is 0.0585. The van der Waals surface area contributed by atoms with Crippen LogP contribution in [0.25, 0.3) is 0 Å². The van der Waals surface area contributed by atoms with Gasteiger partial charge >= 0.3 is 0 Å². The summed E-state index contributed by atoms with van der Waals surface area (Å²) >= 11 is 1.45. The second kappa shape index (κ2) is 4.53. The highest BCUT2D eigenvalue weighted by atomic mass is 32.1. The summed E-state index contributed by atoms with van der Waals surface area (Å²) in [6, 6.07) is 1.82. The van der Waals surface area contributed by atoms with Crippen LogP contribution in [0.2, 0.25) is 0 Å². The summed E-state index contributed by atoms with van der Waals surface area (Å²) in [7, 11) is 1.75. The van der Waals surface area contributed by atoms with Crippen molar-refractivity contribution in [2.24, 2.45) is 0 Å². The summed E-state index contributed by atoms with van der Waals surface area (Å²) in [6.45, 7) is 3.15. The first-order chi connectivity index (χ1) is 7.61. The molecular weight excluding hydrogens is 224 g/mol. The number of carbonyl (C=O) groups is 1. The van der Waals surface area contributed by atoms with Crippen LogP contribution < -0.4 is 5.32 Å². The summed E-state index contributed by atoms with van der Waals surface area (Å²) in [5.74, 6) is 0.000231. The number of aliphatic hydroxyl groups is 1. The lowest BCUT2D eigenvalue weighted by atomic mass is 10.1. The van der Waals surface area contributed by atoms with Crippen molar-refractivity contribution in [1.82, 2.24) is 10.2 Å². The molecule has 0 radical (unpaired) electrons. The van der Waals surface area contributed by atoms with Crippen LogP contribution in [0.15, 0.2) is 11.4 Å². The van der Waals surface area contributed by atoms with Crippen LogP contribution in [0.4, 0.5) is 0 Å². The van der Waals surface area contributed by atoms with Crippen molar-refractivity contribution < 1.29 is 9.90 Å². The van der Waals surface area contributed by atoms with E-state index < -0.39 is 6.10 Å². The maximum Gasteiger partial charge on any atom is 0.264 e. The maximum absolute atomic E-state index is 12.2. The van der Waals surface area contributed by atoms with E-state index in [0.29, 0.717) is 13.1 Å². The van der Waals surface area contributed by atoms with Gasteiger partial charge in [0.15, 0.2) is 0 Å². The van der Waals surface area contributed by atoms with Crippen molar-refractivity contribution in [2.45, 2.75) is 19.1 Å². The molecule has 0 spiro atoms. The summed E-state index contributed by atoms with van der Waals surface area (Å²) < 4.78 is 0. The van der Waals surface area contributed by atoms with Gasteiger partial charge in [-0.25, -0.2) is 0 Å². The summed E-state index contributed by atoms with van der Waals surface area (Å²) in [4.78, 5) is 14.6. The molecule has 88 valence electrons. The average molecular weight is 240 g/mol. The highest BCUT2D eigenvalue weighted by Crippen LogP contribution is 2.19. The second-order valence-corrected chi connectivity index (χ2v) is 5.06. The maximum atomic E-state index is 12.2. The van der Waals surface area contributed by atoms with Crippen molar-refractivity contribution in [3.8, 4) is 0 Å². The predicted octanol–water partition coefficient (Wildman–Crippen LogP) is 0.461. The number of likely N-dealkylation sites (N-methyl/N-ethyl adjacent to an activating group) is 1. The first-order valence-electron chi connectivity index (χ1n) is 5.31. The van der Waals surface area contributed by atoms with Gasteiger partial charge in [0.05, 0.1) is 17.0 Å². The molecule has 2 rings (SSSR count). The van der Waals surface area contributed by atoms with Gasteiger partial charge in [-0.1, -0.05) is 0 Å². The van der Waals surface area contributed by atoms with E-state index in [1.165, 1.54) is 11.3 Å². The van der Waals surface area contributed by atoms with Crippen molar-refractivity contribution in [2.75, 3.05) is 20.1 Å². The van der Waals surface area contributed by atoms with Gasteiger partial charge in [0, 0.05) is 20.1 Å². The zero-order chi connectivity index (χ0) is 11.7. The molecule has 2 N–H and O–H groups in total. The van der Waals surface area contributed by atoms with Gasteiger partial charge in [-0.05, 0) is 23.9 Å². The molecule has 1 fully saturated rings. The van der Waals surface area contributed by atoms with E-state index in [0.717, 1.165) is 10.4 Å². The fourth-order valence-electron chi connectivity index (χ4n) is 1.95. The van der Waals surface area contributed by atoms with Crippen LogP contribution in [0.1, 0.15) is 15.2 Å². The molecule has 2 atom stereocenters. The molecule has 1 aliphatic heterocycles. The third kappa shape index (κ3) is 1.98. The lowest BCUT2D eigenvalue weighted by Crippen LogP contribution is -2.44. The van der Waals surface area contributed by atoms with Crippen molar-refractivity contribution in [3.63, 3.8) is 0 Å². The first-order valence-corrected chi connectivity index (χ1v) is 6.19. The third-order valence-electron chi connectivity index (χ3n) is 3.03. The largest absolute Gasteiger partial charge is 0.390 e. The Morgan fingerprint density at radius 1 is 1.62 bits per heavy atom. The van der Waals surface area contributed by atoms with E-state index in [4.69, 9.17) is 0 Å². The topological polar surface area (TPSA) is 52.6 Å². The molecule has 2 heterocycles. The van der Waals surface area contributed by atoms with Crippen LogP contribution in [0, 0.1) is 6.92 Å². The van der Waals surface area contributed by atoms with Gasteiger partial charge in [-0.2, -0.15) is 0 Å². The molecule has 5 heteroatoms. The van der Waals surface area contributed by atoms with E-state index in [1.54, 1.807) is 11.9 Å². The minimum atomic E-state index is -0.464. The normalized spacial score (nSPS) is 24.7. The van der Waals surface area contributed by atoms with Crippen molar-refractivity contribution in [3.05, 3.63) is 21.9 Å². The Kier molecular flexibility index (Phi) is 3.28. The van der Waals surface area contributed by atoms with Gasteiger partial charge in [0.2, 0.25) is 0 Å². The molecule has 1 aromatic rings. The van der Waals surface area contributed by atoms with E-state index >= 15 is 0 Å². The number of thiophene rings is 1. The first kappa shape index (κ1) is 11.6. The Hall–Kier alpha value is -0.910. The summed E-state index contributed by atoms with van der Waals surface area (Å²) in [6.07, 6.45) is -0.464. The molecule has 4 nitrogen and oxygen atoms in total. The van der Waals surface area contributed by atoms with Gasteiger partial charge in [-0.15, -0.1) is 11.3 Å². The van der Waals surface area contributed by atoms with Crippen molar-refractivity contribution >= 4 is 17.2 Å². The molecule has 1 saturated heterocycles. The fourth-order valence-corrected chi connectivity index (χ4v) is 2.86. The molecule has 1 aliphatic rings. The van der Waals surface area contributed by atoms with Gasteiger partial charge in [-0.3, -0.25) is 4.79 Å². The standard InChI is InChI=1S/C11H16N2O2S/c1-7-3-4-16-10(7)11(15)13(2)8-5-12-6-9(8)14/h3-4,8-9,12,14H,5-6H2,1-2H3. The molecule has 2 unspecified atom stereocenters. The van der Waals surface area contributed by atoms with Gasteiger partial charge in [0.1, 0.15) is 0 Å². The zero-order valence-electron chi connectivity index (χ0n) is 9.43. The Labute approximate surface area is 98.9 Å². The van der Waals surface area contributed by atoms with Crippen LogP contribution in [-0.4, -0.2) is 48.2 Å². The average Bonchev–Trinajstić information content (AvgIpc) is 2.85. The highest BCUT2D eigenvalue weighted by Gasteiger charge is 2.32. The summed E-state index contributed by atoms with van der Waals surface area (Å²) in [5.41, 5.74) is 1.00. The number of rotatable bonds is 2. The number of β-amino-alcohol motifs (C(OH)–C–C–N with tert-alkyl or cyclic N) is 1. The number of nitrogens with zero attached hydrogens (tertiary/aromatic N) is 1. The third-order valence-corrected chi connectivity index (χ3v) is 4.03. The van der Waals surface area contributed by atoms with E-state index in [-0.39, 0.29) is 11.9 Å². The Bertz CT molecular complexity index is 391. The van der Waals surface area contributed by atoms with E-state index in [2.05, 4.69) is 5.32 Å². The van der Waals surface area contributed by atoms with Crippen molar-refractivity contribution in [1.29, 1.82) is 0 Å². The number of hydrogen-bond donors (Lipinski definition) is 2. The molecular formula is C11H16N2O2S. The number of aryl methyl sites for hydroxylation is 1. The van der Waals surface area contributed by atoms with Gasteiger partial charge < -0.3 is 15.3 Å². The predicted molar refractivity (Wildman–Crippen MR) is 63.8 cm³/mol. The smallest absolute Gasteiger partial charge is 0.264 e. The van der Waals surface area contributed by atoms with E-state index in [9.17, 15) is 9.90 Å². The second-order valence-electron chi connectivity index (χ2n) is 4.14. The molecule has 0 saturated carbocycles. The van der Waals surface area contributed by atoms with Crippen LogP contribution >= 0.6 is 11.3 Å². The number of amides is 1. The number of nitrogens with one attached hydrogen (secondary N) is 1. The SMILES string of the molecule is Cc1ccsc1C(=O)N(C)C1CNCC1O. The molecule has 0 bridgehead atoms. The van der Waals surface area contributed by atoms with E-state index in [1.807, 2.05) is 18.4 Å². The summed E-state index contributed by atoms with van der Waals surface area (Å²) in [5, 5.41) is 14.7. The molecule has 0 aliphatic carbocycles. The lowest BCUT2D eigenvalue weighted by Gasteiger charge is -2.26. The van der Waals surface area contributed by atoms with Crippen LogP contribution in [0.5, 0.6) is 0 Å². The number of hydrogen-bond acceptors (Lipinski definition) is 4. The fraction of sp³-hybridized carbons (Fsp3) is 0.545. The Morgan fingerprint density at radius 2 is 2.38 bits per heavy atom. The molecule has 16 heavy (non-hydrogen) atoms. The van der Waals surface area contributed by atoms with Crippen LogP contribution in [0.3, 0.4) is 0 Å². The minimum absolute atomic E-state index is 0.000231. The molecule has 1 aromatic heterocycles. The minimum Gasteiger partial charge on any atom is -0.390 e. The monoisotopic (exact) mass is 240 g/mol. The zero-order valence-corrected chi connectivity index (χ0v) is 10.3. The Balaban J connectivity index is 2.13. The van der Waals surface area contributed by atoms with Gasteiger partial charge in [0.25, 0.3) is 5.91 Å². The van der Waals surface area contributed by atoms with Crippen LogP contribution in [-0.2, 0) is 0 Å². The highest BCUT2D eigenvalue weighted by molar-refractivity contribution is 7.12. The molecule has 1 amide bonds. The number of carbonyl (C=O) groups excluding carboxylic acids is 1.